The number of aliphatic hydroxyl groups is 1. The number of phosphoric acid groups is 1. The molecule has 0 bridgehead atoms. The van der Waals surface area contributed by atoms with Crippen molar-refractivity contribution in [3.63, 3.8) is 0 Å². The molecule has 0 aliphatic carbocycles. The SMILES string of the molecule is CCCCCCC/C=C\C/C=C\CCCCCCCCCCCCCCCCCCCCCC(=O)NC(COP(=O)([O-])OCC[N+](C)(C)C)C(O)/C=C/CC/C=C/CC/C=C/CCCCCCCCCCCCCCCCCC. The molecule has 464 valence electrons. The monoisotopic (exact) mass is 1130 g/mol. The van der Waals surface area contributed by atoms with E-state index in [-0.39, 0.29) is 12.5 Å². The Morgan fingerprint density at radius 3 is 1.10 bits per heavy atom. The van der Waals surface area contributed by atoms with Crippen LogP contribution in [0.5, 0.6) is 0 Å². The van der Waals surface area contributed by atoms with Gasteiger partial charge in [-0.1, -0.05) is 306 Å². The van der Waals surface area contributed by atoms with E-state index < -0.39 is 26.6 Å². The second-order valence-corrected chi connectivity index (χ2v) is 25.9. The van der Waals surface area contributed by atoms with E-state index in [9.17, 15) is 19.4 Å². The number of hydrogen-bond acceptors (Lipinski definition) is 6. The van der Waals surface area contributed by atoms with Crippen LogP contribution < -0.4 is 10.2 Å². The predicted octanol–water partition coefficient (Wildman–Crippen LogP) is 21.0. The topological polar surface area (TPSA) is 108 Å². The lowest BCUT2D eigenvalue weighted by atomic mass is 10.0. The summed E-state index contributed by atoms with van der Waals surface area (Å²) in [7, 11) is 1.24. The third kappa shape index (κ3) is 63.6. The molecule has 0 radical (unpaired) electrons. The zero-order chi connectivity index (χ0) is 57.7. The number of carbonyl (C=O) groups excluding carboxylic acids is 1. The van der Waals surface area contributed by atoms with Gasteiger partial charge >= 0.3 is 0 Å². The Labute approximate surface area is 492 Å². The number of hydrogen-bond donors (Lipinski definition) is 2. The number of nitrogens with zero attached hydrogens (tertiary/aromatic N) is 1. The summed E-state index contributed by atoms with van der Waals surface area (Å²) in [6.07, 6.45) is 83.4. The Kier molecular flexibility index (Phi) is 59.4. The molecule has 1 amide bonds. The number of likely N-dealkylation sites (N-methyl/N-ethyl adjacent to an activating group) is 1. The number of unbranched alkanes of at least 4 members (excludes halogenated alkanes) is 42. The average Bonchev–Trinajstić information content (AvgIpc) is 3.42. The molecule has 0 aromatic carbocycles. The van der Waals surface area contributed by atoms with Crippen LogP contribution in [0.4, 0.5) is 0 Å². The van der Waals surface area contributed by atoms with Crippen molar-refractivity contribution in [1.29, 1.82) is 0 Å². The fraction of sp³-hybridized carbons (Fsp3) is 0.843. The molecular formula is C70H133N2O6P. The Morgan fingerprint density at radius 2 is 0.747 bits per heavy atom. The van der Waals surface area contributed by atoms with Crippen molar-refractivity contribution in [2.75, 3.05) is 40.9 Å². The summed E-state index contributed by atoms with van der Waals surface area (Å²) in [5, 5.41) is 13.9. The summed E-state index contributed by atoms with van der Waals surface area (Å²) < 4.78 is 23.4. The van der Waals surface area contributed by atoms with Crippen LogP contribution in [0.25, 0.3) is 0 Å². The second kappa shape index (κ2) is 60.8. The maximum atomic E-state index is 13.0. The first kappa shape index (κ1) is 77.2. The Balaban J connectivity index is 4.13. The van der Waals surface area contributed by atoms with Crippen LogP contribution in [-0.4, -0.2) is 68.5 Å². The van der Waals surface area contributed by atoms with Gasteiger partial charge in [-0.25, -0.2) is 0 Å². The van der Waals surface area contributed by atoms with Gasteiger partial charge in [-0.3, -0.25) is 9.36 Å². The molecule has 0 aromatic rings. The van der Waals surface area contributed by atoms with Crippen LogP contribution in [0.1, 0.15) is 328 Å². The summed E-state index contributed by atoms with van der Waals surface area (Å²) in [6, 6.07) is -0.912. The normalized spacial score (nSPS) is 14.1. The van der Waals surface area contributed by atoms with Crippen LogP contribution in [-0.2, 0) is 18.4 Å². The molecule has 0 spiro atoms. The van der Waals surface area contributed by atoms with Crippen molar-refractivity contribution in [3.8, 4) is 0 Å². The number of quaternary nitrogens is 1. The van der Waals surface area contributed by atoms with Gasteiger partial charge in [0.25, 0.3) is 7.82 Å². The molecule has 0 saturated carbocycles. The van der Waals surface area contributed by atoms with Gasteiger partial charge in [0.15, 0.2) is 0 Å². The smallest absolute Gasteiger partial charge is 0.268 e. The van der Waals surface area contributed by atoms with Gasteiger partial charge in [0.1, 0.15) is 13.2 Å². The maximum absolute atomic E-state index is 13.0. The van der Waals surface area contributed by atoms with E-state index in [1.54, 1.807) is 6.08 Å². The van der Waals surface area contributed by atoms with Crippen molar-refractivity contribution < 1.29 is 32.9 Å². The summed E-state index contributed by atoms with van der Waals surface area (Å²) in [5.74, 6) is -0.207. The fourth-order valence-corrected chi connectivity index (χ4v) is 10.8. The van der Waals surface area contributed by atoms with E-state index in [1.807, 2.05) is 27.2 Å². The quantitative estimate of drug-likeness (QED) is 0.0272. The number of rotatable bonds is 63. The van der Waals surface area contributed by atoms with Crippen LogP contribution in [0, 0.1) is 0 Å². The lowest BCUT2D eigenvalue weighted by molar-refractivity contribution is -0.870. The molecule has 0 aromatic heterocycles. The Bertz CT molecular complexity index is 1470. The van der Waals surface area contributed by atoms with Crippen LogP contribution in [0.2, 0.25) is 0 Å². The first-order valence-electron chi connectivity index (χ1n) is 34.2. The molecule has 8 nitrogen and oxygen atoms in total. The molecule has 0 aliphatic rings. The van der Waals surface area contributed by atoms with Crippen LogP contribution >= 0.6 is 7.82 Å². The third-order valence-electron chi connectivity index (χ3n) is 15.4. The van der Waals surface area contributed by atoms with E-state index in [0.717, 1.165) is 51.4 Å². The predicted molar refractivity (Wildman–Crippen MR) is 344 cm³/mol. The van der Waals surface area contributed by atoms with E-state index in [2.05, 4.69) is 67.8 Å². The van der Waals surface area contributed by atoms with Crippen molar-refractivity contribution in [2.45, 2.75) is 341 Å². The standard InChI is InChI=1S/C70H133N2O6P/c1-6-8-10-12-14-16-18-20-22-24-26-28-30-32-34-35-36-37-38-40-42-44-46-48-50-52-54-56-58-60-62-64-70(74)71-68(67-78-79(75,76)77-66-65-72(3,4)5)69(73)63-61-59-57-55-53-51-49-47-45-43-41-39-33-31-29-27-25-23-21-19-17-15-13-11-9-7-2/h18,20,24,26,45,47,53,55,61,63,68-69,73H,6-17,19,21-23,25,27-44,46,48-52,54,56-60,62,64-67H2,1-5H3,(H-,71,74,75,76)/b20-18-,26-24-,47-45+,55-53+,63-61+. The van der Waals surface area contributed by atoms with Crippen LogP contribution in [0.3, 0.4) is 0 Å². The molecule has 0 rings (SSSR count). The van der Waals surface area contributed by atoms with Crippen LogP contribution in [0.15, 0.2) is 60.8 Å². The highest BCUT2D eigenvalue weighted by Crippen LogP contribution is 2.38. The minimum atomic E-state index is -4.62. The molecule has 79 heavy (non-hydrogen) atoms. The number of nitrogens with one attached hydrogen (secondary N) is 1. The highest BCUT2D eigenvalue weighted by atomic mass is 31.2. The minimum Gasteiger partial charge on any atom is -0.756 e. The third-order valence-corrected chi connectivity index (χ3v) is 16.4. The largest absolute Gasteiger partial charge is 0.756 e. The number of carbonyl (C=O) groups is 1. The molecule has 0 fully saturated rings. The van der Waals surface area contributed by atoms with Crippen molar-refractivity contribution in [1.82, 2.24) is 5.32 Å². The minimum absolute atomic E-state index is 0.00906. The first-order chi connectivity index (χ1) is 38.5. The van der Waals surface area contributed by atoms with Crippen molar-refractivity contribution >= 4 is 13.7 Å². The molecular weight excluding hydrogens is 996 g/mol. The first-order valence-corrected chi connectivity index (χ1v) is 35.6. The molecule has 2 N–H and O–H groups in total. The lowest BCUT2D eigenvalue weighted by Crippen LogP contribution is -2.45. The van der Waals surface area contributed by atoms with E-state index >= 15 is 0 Å². The van der Waals surface area contributed by atoms with Gasteiger partial charge in [0.05, 0.1) is 39.9 Å². The average molecular weight is 1130 g/mol. The molecule has 0 saturated heterocycles. The van der Waals surface area contributed by atoms with Gasteiger partial charge < -0.3 is 28.8 Å². The number of amides is 1. The highest BCUT2D eigenvalue weighted by Gasteiger charge is 2.23. The number of allylic oxidation sites excluding steroid dienone is 9. The van der Waals surface area contributed by atoms with E-state index in [0.29, 0.717) is 17.4 Å². The van der Waals surface area contributed by atoms with E-state index in [4.69, 9.17) is 9.05 Å². The molecule has 9 heteroatoms. The van der Waals surface area contributed by atoms with E-state index in [1.165, 1.54) is 257 Å². The number of aliphatic hydroxyl groups excluding tert-OH is 1. The molecule has 3 atom stereocenters. The van der Waals surface area contributed by atoms with Gasteiger partial charge in [-0.05, 0) is 77.0 Å². The van der Waals surface area contributed by atoms with Gasteiger partial charge in [0, 0.05) is 6.42 Å². The zero-order valence-electron chi connectivity index (χ0n) is 53.1. The van der Waals surface area contributed by atoms with Crippen molar-refractivity contribution in [3.05, 3.63) is 60.8 Å². The second-order valence-electron chi connectivity index (χ2n) is 24.5. The molecule has 0 aliphatic heterocycles. The fourth-order valence-electron chi connectivity index (χ4n) is 10.1. The summed E-state index contributed by atoms with van der Waals surface area (Å²) in [5.41, 5.74) is 0. The highest BCUT2D eigenvalue weighted by molar-refractivity contribution is 7.45. The summed E-state index contributed by atoms with van der Waals surface area (Å²) in [6.45, 7) is 4.65. The Morgan fingerprint density at radius 1 is 0.443 bits per heavy atom. The Hall–Kier alpha value is -1.80. The number of phosphoric ester groups is 1. The maximum Gasteiger partial charge on any atom is 0.268 e. The zero-order valence-corrected chi connectivity index (χ0v) is 54.0. The molecule has 0 heterocycles. The summed E-state index contributed by atoms with van der Waals surface area (Å²) in [4.78, 5) is 25.6. The van der Waals surface area contributed by atoms with Gasteiger partial charge in [-0.15, -0.1) is 0 Å². The van der Waals surface area contributed by atoms with Gasteiger partial charge in [-0.2, -0.15) is 0 Å². The molecule has 3 unspecified atom stereocenters. The summed E-state index contributed by atoms with van der Waals surface area (Å²) >= 11 is 0. The van der Waals surface area contributed by atoms with Crippen molar-refractivity contribution in [2.24, 2.45) is 0 Å². The lowest BCUT2D eigenvalue weighted by Gasteiger charge is -2.29. The van der Waals surface area contributed by atoms with Gasteiger partial charge in [0.2, 0.25) is 5.91 Å².